The van der Waals surface area contributed by atoms with Crippen molar-refractivity contribution in [3.8, 4) is 11.5 Å². The zero-order valence-corrected chi connectivity index (χ0v) is 35.9. The van der Waals surface area contributed by atoms with Crippen molar-refractivity contribution in [2.24, 2.45) is 11.3 Å². The van der Waals surface area contributed by atoms with Crippen molar-refractivity contribution in [3.63, 3.8) is 0 Å². The number of pyridine rings is 2. The standard InChI is InChI=1S/C46H53N9O7S/c56-45(52-63(59,60)36-23-40(55(57)58)44(51-28-36)49-26-30-10-19-61-20-11-30)39-8-7-33(22-42(39)62-35-21-32-9-14-48-43(32)50-27-35)53-16-12-46(13-17-53)24-34(25-46)54-18-15-47-29-41(54)38-4-2-1-3-37(38)31-5-6-31/h1-4,7-9,14,21-23,27-28,30-31,34,41,47H,5-6,10-13,15-20,24-26,29H2,(H,48,50)(H,49,51)(H,52,56). The summed E-state index contributed by atoms with van der Waals surface area (Å²) >= 11 is 0. The molecule has 10 rings (SSSR count). The molecule has 1 amide bonds. The van der Waals surface area contributed by atoms with Gasteiger partial charge in [-0.25, -0.2) is 23.1 Å². The number of piperazine rings is 1. The molecule has 16 nitrogen and oxygen atoms in total. The zero-order valence-electron chi connectivity index (χ0n) is 35.1. The molecular weight excluding hydrogens is 823 g/mol. The highest BCUT2D eigenvalue weighted by Gasteiger charge is 2.50. The maximum absolute atomic E-state index is 13.9. The molecule has 63 heavy (non-hydrogen) atoms. The molecule has 4 N–H and O–H groups in total. The number of nitro groups is 1. The van der Waals surface area contributed by atoms with Gasteiger partial charge in [0.25, 0.3) is 15.9 Å². The van der Waals surface area contributed by atoms with Crippen LogP contribution < -0.4 is 25.0 Å². The van der Waals surface area contributed by atoms with Crippen LogP contribution >= 0.6 is 0 Å². The Morgan fingerprint density at radius 1 is 0.968 bits per heavy atom. The minimum absolute atomic E-state index is 0.0298. The first-order valence-electron chi connectivity index (χ1n) is 22.2. The molecule has 2 aromatic carbocycles. The summed E-state index contributed by atoms with van der Waals surface area (Å²) in [6.45, 7) is 6.39. The molecule has 2 aliphatic carbocycles. The van der Waals surface area contributed by atoms with Crippen LogP contribution in [0.15, 0.2) is 84.1 Å². The molecule has 3 aliphatic heterocycles. The SMILES string of the molecule is O=C(NS(=O)(=O)c1cnc(NCC2CCOCC2)c([N+](=O)[O-])c1)c1ccc(N2CCC3(CC2)CC(N2CCNCC2c2ccccc2C2CC2)C3)cc1Oc1cnc2[nH]ccc2c1. The molecule has 0 radical (unpaired) electrons. The van der Waals surface area contributed by atoms with E-state index in [1.807, 2.05) is 12.1 Å². The maximum Gasteiger partial charge on any atom is 0.312 e. The second kappa shape index (κ2) is 17.2. The number of piperidine rings is 1. The first-order valence-corrected chi connectivity index (χ1v) is 23.7. The van der Waals surface area contributed by atoms with Crippen molar-refractivity contribution < 1.29 is 27.6 Å². The number of H-pyrrole nitrogens is 1. The van der Waals surface area contributed by atoms with Crippen molar-refractivity contribution in [2.45, 2.75) is 74.3 Å². The second-order valence-corrected chi connectivity index (χ2v) is 19.6. The van der Waals surface area contributed by atoms with Gasteiger partial charge in [-0.05, 0) is 104 Å². The fourth-order valence-electron chi connectivity index (χ4n) is 10.2. The van der Waals surface area contributed by atoms with Crippen molar-refractivity contribution >= 4 is 44.2 Å². The number of carbonyl (C=O) groups excluding carboxylic acids is 1. The van der Waals surface area contributed by atoms with Crippen LogP contribution in [-0.4, -0.2) is 97.6 Å². The van der Waals surface area contributed by atoms with E-state index < -0.39 is 31.4 Å². The quantitative estimate of drug-likeness (QED) is 0.0706. The molecule has 3 saturated heterocycles. The second-order valence-electron chi connectivity index (χ2n) is 17.9. The third kappa shape index (κ3) is 8.71. The van der Waals surface area contributed by atoms with Crippen LogP contribution in [0.25, 0.3) is 11.0 Å². The number of nitrogens with zero attached hydrogens (tertiary/aromatic N) is 5. The van der Waals surface area contributed by atoms with Crippen molar-refractivity contribution in [3.05, 3.63) is 106 Å². The molecular formula is C46H53N9O7S. The number of nitrogens with one attached hydrogen (secondary N) is 4. The van der Waals surface area contributed by atoms with Crippen molar-refractivity contribution in [1.29, 1.82) is 0 Å². The summed E-state index contributed by atoms with van der Waals surface area (Å²) in [6.07, 6.45) is 13.0. The van der Waals surface area contributed by atoms with E-state index in [0.29, 0.717) is 54.6 Å². The maximum atomic E-state index is 13.9. The topological polar surface area (TPSA) is 197 Å². The molecule has 0 bridgehead atoms. The van der Waals surface area contributed by atoms with Gasteiger partial charge in [0.1, 0.15) is 22.0 Å². The summed E-state index contributed by atoms with van der Waals surface area (Å²) in [7, 11) is -4.60. The molecule has 3 aromatic heterocycles. The van der Waals surface area contributed by atoms with E-state index in [4.69, 9.17) is 9.47 Å². The average Bonchev–Trinajstić information content (AvgIpc) is 4.04. The van der Waals surface area contributed by atoms with Crippen molar-refractivity contribution in [1.82, 2.24) is 29.9 Å². The number of hydrogen-bond acceptors (Lipinski definition) is 13. The Kier molecular flexibility index (Phi) is 11.3. The number of aromatic nitrogens is 3. The molecule has 1 atom stereocenters. The Hall–Kier alpha value is -5.62. The Balaban J connectivity index is 0.843. The van der Waals surface area contributed by atoms with Crippen LogP contribution in [0.5, 0.6) is 11.5 Å². The molecule has 1 unspecified atom stereocenters. The Labute approximate surface area is 366 Å². The smallest absolute Gasteiger partial charge is 0.312 e. The lowest BCUT2D eigenvalue weighted by atomic mass is 9.59. The van der Waals surface area contributed by atoms with E-state index >= 15 is 0 Å². The van der Waals surface area contributed by atoms with Gasteiger partial charge >= 0.3 is 5.69 Å². The van der Waals surface area contributed by atoms with Gasteiger partial charge < -0.3 is 30.0 Å². The molecule has 5 aliphatic rings. The number of anilines is 2. The lowest BCUT2D eigenvalue weighted by molar-refractivity contribution is -0.384. The summed E-state index contributed by atoms with van der Waals surface area (Å²) in [4.78, 5) is 41.5. The van der Waals surface area contributed by atoms with Crippen LogP contribution in [-0.2, 0) is 14.8 Å². The van der Waals surface area contributed by atoms with Crippen LogP contribution in [0.2, 0.25) is 0 Å². The molecule has 6 heterocycles. The lowest BCUT2D eigenvalue weighted by Crippen LogP contribution is -2.59. The Bertz CT molecular complexity index is 2610. The molecule has 5 aromatic rings. The van der Waals surface area contributed by atoms with Gasteiger partial charge in [-0.15, -0.1) is 0 Å². The fraction of sp³-hybridized carbons (Fsp3) is 0.457. The first kappa shape index (κ1) is 41.4. The molecule has 330 valence electrons. The fourth-order valence-corrected chi connectivity index (χ4v) is 11.1. The number of hydrogen-bond donors (Lipinski definition) is 4. The van der Waals surface area contributed by atoms with Gasteiger partial charge in [-0.1, -0.05) is 24.3 Å². The highest BCUT2D eigenvalue weighted by molar-refractivity contribution is 7.90. The van der Waals surface area contributed by atoms with E-state index in [9.17, 15) is 23.3 Å². The number of sulfonamides is 1. The van der Waals surface area contributed by atoms with E-state index in [2.05, 4.69) is 64.4 Å². The highest BCUT2D eigenvalue weighted by atomic mass is 32.2. The number of amides is 1. The van der Waals surface area contributed by atoms with Gasteiger partial charge in [0.15, 0.2) is 0 Å². The number of benzene rings is 2. The number of fused-ring (bicyclic) bond motifs is 1. The predicted molar refractivity (Wildman–Crippen MR) is 238 cm³/mol. The predicted octanol–water partition coefficient (Wildman–Crippen LogP) is 6.89. The third-order valence-electron chi connectivity index (χ3n) is 13.9. The van der Waals surface area contributed by atoms with E-state index in [0.717, 1.165) is 81.7 Å². The zero-order chi connectivity index (χ0) is 43.1. The summed E-state index contributed by atoms with van der Waals surface area (Å²) in [6, 6.07) is 19.8. The molecule has 5 fully saturated rings. The van der Waals surface area contributed by atoms with E-state index in [1.165, 1.54) is 43.0 Å². The monoisotopic (exact) mass is 875 g/mol. The van der Waals surface area contributed by atoms with Crippen LogP contribution in [0.3, 0.4) is 0 Å². The van der Waals surface area contributed by atoms with Crippen LogP contribution in [0.4, 0.5) is 17.2 Å². The Morgan fingerprint density at radius 3 is 2.54 bits per heavy atom. The van der Waals surface area contributed by atoms with Gasteiger partial charge in [0.05, 0.1) is 22.9 Å². The lowest BCUT2D eigenvalue weighted by Gasteiger charge is -2.57. The van der Waals surface area contributed by atoms with E-state index in [1.54, 1.807) is 24.4 Å². The summed E-state index contributed by atoms with van der Waals surface area (Å²) in [5, 5.41) is 19.5. The van der Waals surface area contributed by atoms with E-state index in [-0.39, 0.29) is 23.0 Å². The number of aromatic amines is 1. The Morgan fingerprint density at radius 2 is 1.76 bits per heavy atom. The van der Waals surface area contributed by atoms with Gasteiger partial charge in [0, 0.05) is 94.0 Å². The van der Waals surface area contributed by atoms with Gasteiger partial charge in [-0.3, -0.25) is 19.8 Å². The van der Waals surface area contributed by atoms with Crippen LogP contribution in [0.1, 0.15) is 84.8 Å². The van der Waals surface area contributed by atoms with Gasteiger partial charge in [-0.2, -0.15) is 0 Å². The largest absolute Gasteiger partial charge is 0.455 e. The average molecular weight is 876 g/mol. The first-order chi connectivity index (χ1) is 30.6. The minimum atomic E-state index is -4.60. The van der Waals surface area contributed by atoms with Gasteiger partial charge in [0.2, 0.25) is 5.82 Å². The third-order valence-corrected chi connectivity index (χ3v) is 15.2. The normalized spacial score (nSPS) is 21.0. The van der Waals surface area contributed by atoms with Crippen molar-refractivity contribution in [2.75, 3.05) is 62.7 Å². The van der Waals surface area contributed by atoms with Crippen LogP contribution in [0, 0.1) is 21.4 Å². The molecule has 2 saturated carbocycles. The number of carbonyl (C=O) groups is 1. The summed E-state index contributed by atoms with van der Waals surface area (Å²) in [5.74, 6) is 0.463. The number of rotatable bonds is 13. The molecule has 1 spiro atoms. The number of ether oxygens (including phenoxy) is 2. The summed E-state index contributed by atoms with van der Waals surface area (Å²) in [5.41, 5.74) is 4.32. The minimum Gasteiger partial charge on any atom is -0.455 e. The highest BCUT2D eigenvalue weighted by Crippen LogP contribution is 2.53. The summed E-state index contributed by atoms with van der Waals surface area (Å²) < 4.78 is 41.2. The molecule has 17 heteroatoms.